The van der Waals surface area contributed by atoms with Gasteiger partial charge in [-0.1, -0.05) is 32.0 Å². The van der Waals surface area contributed by atoms with E-state index in [-0.39, 0.29) is 31.1 Å². The van der Waals surface area contributed by atoms with Gasteiger partial charge in [0.1, 0.15) is 12.4 Å². The summed E-state index contributed by atoms with van der Waals surface area (Å²) in [6.07, 6.45) is 1.70. The number of nitrogens with zero attached hydrogens (tertiary/aromatic N) is 1. The first-order valence-electron chi connectivity index (χ1n) is 9.81. The fourth-order valence-electron chi connectivity index (χ4n) is 3.34. The summed E-state index contributed by atoms with van der Waals surface area (Å²) < 4.78 is 16.6. The minimum Gasteiger partial charge on any atom is -0.491 e. The van der Waals surface area contributed by atoms with Crippen LogP contribution in [0.5, 0.6) is 17.2 Å². The zero-order chi connectivity index (χ0) is 21.3. The largest absolute Gasteiger partial charge is 0.491 e. The zero-order valence-corrected chi connectivity index (χ0v) is 18.0. The van der Waals surface area contributed by atoms with Gasteiger partial charge in [-0.05, 0) is 65.6 Å². The molecule has 0 bridgehead atoms. The molecule has 2 aliphatic heterocycles. The lowest BCUT2D eigenvalue weighted by Gasteiger charge is -2.17. The van der Waals surface area contributed by atoms with Gasteiger partial charge in [0.2, 0.25) is 6.79 Å². The highest BCUT2D eigenvalue weighted by molar-refractivity contribution is 8.18. The molecular formula is C23H23NO5S. The maximum Gasteiger partial charge on any atom is 0.293 e. The van der Waals surface area contributed by atoms with Crippen LogP contribution in [0.3, 0.4) is 0 Å². The second kappa shape index (κ2) is 8.44. The Bertz CT molecular complexity index is 1030. The van der Waals surface area contributed by atoms with Crippen molar-refractivity contribution in [1.82, 2.24) is 4.90 Å². The van der Waals surface area contributed by atoms with Crippen LogP contribution in [0.15, 0.2) is 41.3 Å². The van der Waals surface area contributed by atoms with Crippen molar-refractivity contribution < 1.29 is 23.8 Å². The highest BCUT2D eigenvalue weighted by Crippen LogP contribution is 2.36. The van der Waals surface area contributed by atoms with Gasteiger partial charge >= 0.3 is 0 Å². The maximum absolute atomic E-state index is 12.7. The van der Waals surface area contributed by atoms with Crippen molar-refractivity contribution in [3.63, 3.8) is 0 Å². The van der Waals surface area contributed by atoms with Crippen molar-refractivity contribution in [3.8, 4) is 17.2 Å². The SMILES string of the molecule is Cc1ccc(C(C)C)c(OCCN2C(=O)S/C(=C\c3ccc4c(c3)OCO4)C2=O)c1. The van der Waals surface area contributed by atoms with Crippen molar-refractivity contribution in [2.45, 2.75) is 26.7 Å². The van der Waals surface area contributed by atoms with E-state index in [0.29, 0.717) is 22.3 Å². The first kappa shape index (κ1) is 20.3. The first-order chi connectivity index (χ1) is 14.4. The highest BCUT2D eigenvalue weighted by atomic mass is 32.2. The van der Waals surface area contributed by atoms with Crippen LogP contribution in [0.4, 0.5) is 4.79 Å². The van der Waals surface area contributed by atoms with Crippen LogP contribution in [0.2, 0.25) is 0 Å². The number of aryl methyl sites for hydroxylation is 1. The molecule has 0 N–H and O–H groups in total. The molecule has 0 atom stereocenters. The molecule has 0 saturated carbocycles. The number of ether oxygens (including phenoxy) is 3. The molecule has 2 heterocycles. The van der Waals surface area contributed by atoms with Gasteiger partial charge in [0, 0.05) is 0 Å². The second-order valence-electron chi connectivity index (χ2n) is 7.49. The molecule has 156 valence electrons. The molecule has 2 aliphatic rings. The normalized spacial score (nSPS) is 16.8. The zero-order valence-electron chi connectivity index (χ0n) is 17.1. The topological polar surface area (TPSA) is 65.1 Å². The average molecular weight is 426 g/mol. The molecular weight excluding hydrogens is 402 g/mol. The van der Waals surface area contributed by atoms with Gasteiger partial charge in [-0.25, -0.2) is 0 Å². The van der Waals surface area contributed by atoms with Gasteiger partial charge in [-0.15, -0.1) is 0 Å². The first-order valence-corrected chi connectivity index (χ1v) is 10.6. The summed E-state index contributed by atoms with van der Waals surface area (Å²) in [5.41, 5.74) is 2.99. The Morgan fingerprint density at radius 1 is 1.13 bits per heavy atom. The Hall–Kier alpha value is -2.93. The lowest BCUT2D eigenvalue weighted by molar-refractivity contribution is -0.123. The minimum atomic E-state index is -0.306. The molecule has 1 fully saturated rings. The number of thioether (sulfide) groups is 1. The van der Waals surface area contributed by atoms with E-state index >= 15 is 0 Å². The molecule has 0 spiro atoms. The molecule has 2 amide bonds. The van der Waals surface area contributed by atoms with Crippen LogP contribution >= 0.6 is 11.8 Å². The van der Waals surface area contributed by atoms with Gasteiger partial charge in [0.05, 0.1) is 11.4 Å². The van der Waals surface area contributed by atoms with E-state index in [0.717, 1.165) is 34.2 Å². The van der Waals surface area contributed by atoms with E-state index in [1.54, 1.807) is 18.2 Å². The third-order valence-corrected chi connectivity index (χ3v) is 5.84. The number of carbonyl (C=O) groups is 2. The van der Waals surface area contributed by atoms with Crippen molar-refractivity contribution in [2.24, 2.45) is 0 Å². The van der Waals surface area contributed by atoms with Crippen LogP contribution in [0, 0.1) is 6.92 Å². The molecule has 0 unspecified atom stereocenters. The van der Waals surface area contributed by atoms with Gasteiger partial charge in [0.25, 0.3) is 11.1 Å². The van der Waals surface area contributed by atoms with Crippen LogP contribution < -0.4 is 14.2 Å². The number of carbonyl (C=O) groups excluding carboxylic acids is 2. The lowest BCUT2D eigenvalue weighted by Crippen LogP contribution is -2.32. The fraction of sp³-hybridized carbons (Fsp3) is 0.304. The molecule has 4 rings (SSSR count). The summed E-state index contributed by atoms with van der Waals surface area (Å²) in [6, 6.07) is 11.5. The fourth-order valence-corrected chi connectivity index (χ4v) is 4.20. The number of hydrogen-bond acceptors (Lipinski definition) is 6. The number of fused-ring (bicyclic) bond motifs is 1. The Labute approximate surface area is 179 Å². The summed E-state index contributed by atoms with van der Waals surface area (Å²) in [4.78, 5) is 26.7. The molecule has 30 heavy (non-hydrogen) atoms. The maximum atomic E-state index is 12.7. The molecule has 6 nitrogen and oxygen atoms in total. The summed E-state index contributed by atoms with van der Waals surface area (Å²) in [5, 5.41) is -0.288. The Morgan fingerprint density at radius 3 is 2.73 bits per heavy atom. The molecule has 2 aromatic carbocycles. The summed E-state index contributed by atoms with van der Waals surface area (Å²) in [6.45, 7) is 6.86. The number of amides is 2. The molecule has 2 aromatic rings. The predicted octanol–water partition coefficient (Wildman–Crippen LogP) is 4.96. The monoisotopic (exact) mass is 425 g/mol. The standard InChI is InChI=1S/C23H23NO5S/c1-14(2)17-6-4-15(3)10-19(17)27-9-8-24-22(25)21(30-23(24)26)12-16-5-7-18-20(11-16)29-13-28-18/h4-7,10-12,14H,8-9,13H2,1-3H3/b21-12-. The van der Waals surface area contributed by atoms with E-state index < -0.39 is 0 Å². The van der Waals surface area contributed by atoms with E-state index in [1.807, 2.05) is 19.1 Å². The lowest BCUT2D eigenvalue weighted by atomic mass is 10.0. The van der Waals surface area contributed by atoms with Crippen LogP contribution in [-0.4, -0.2) is 36.0 Å². The van der Waals surface area contributed by atoms with E-state index in [9.17, 15) is 9.59 Å². The van der Waals surface area contributed by atoms with E-state index in [4.69, 9.17) is 14.2 Å². The van der Waals surface area contributed by atoms with Crippen molar-refractivity contribution in [2.75, 3.05) is 19.9 Å². The molecule has 0 aromatic heterocycles. The quantitative estimate of drug-likeness (QED) is 0.610. The predicted molar refractivity (Wildman–Crippen MR) is 116 cm³/mol. The van der Waals surface area contributed by atoms with Crippen LogP contribution in [0.25, 0.3) is 6.08 Å². The van der Waals surface area contributed by atoms with Gasteiger partial charge < -0.3 is 14.2 Å². The summed E-state index contributed by atoms with van der Waals surface area (Å²) in [5.74, 6) is 2.12. The number of benzene rings is 2. The molecule has 1 saturated heterocycles. The molecule has 0 radical (unpaired) electrons. The molecule has 0 aliphatic carbocycles. The van der Waals surface area contributed by atoms with Crippen molar-refractivity contribution in [3.05, 3.63) is 58.0 Å². The Morgan fingerprint density at radius 2 is 1.93 bits per heavy atom. The number of rotatable bonds is 6. The van der Waals surface area contributed by atoms with Gasteiger partial charge in [0.15, 0.2) is 11.5 Å². The van der Waals surface area contributed by atoms with E-state index in [2.05, 4.69) is 26.0 Å². The second-order valence-corrected chi connectivity index (χ2v) is 8.48. The Balaban J connectivity index is 1.42. The number of hydrogen-bond donors (Lipinski definition) is 0. The highest BCUT2D eigenvalue weighted by Gasteiger charge is 2.35. The summed E-state index contributed by atoms with van der Waals surface area (Å²) in [7, 11) is 0. The average Bonchev–Trinajstić information content (AvgIpc) is 3.27. The third kappa shape index (κ3) is 4.16. The van der Waals surface area contributed by atoms with Crippen LogP contribution in [-0.2, 0) is 4.79 Å². The van der Waals surface area contributed by atoms with Crippen molar-refractivity contribution >= 4 is 29.0 Å². The van der Waals surface area contributed by atoms with Gasteiger partial charge in [-0.3, -0.25) is 14.5 Å². The minimum absolute atomic E-state index is 0.189. The smallest absolute Gasteiger partial charge is 0.293 e. The number of imide groups is 1. The Kier molecular flexibility index (Phi) is 5.72. The van der Waals surface area contributed by atoms with Crippen LogP contribution in [0.1, 0.15) is 36.5 Å². The van der Waals surface area contributed by atoms with Gasteiger partial charge in [-0.2, -0.15) is 0 Å². The van der Waals surface area contributed by atoms with Crippen molar-refractivity contribution in [1.29, 1.82) is 0 Å². The van der Waals surface area contributed by atoms with E-state index in [1.165, 1.54) is 4.90 Å². The summed E-state index contributed by atoms with van der Waals surface area (Å²) >= 11 is 0.938. The third-order valence-electron chi connectivity index (χ3n) is 4.93. The molecule has 7 heteroatoms.